The highest BCUT2D eigenvalue weighted by molar-refractivity contribution is 5.37. The average Bonchev–Trinajstić information content (AvgIpc) is 2.47. The number of aryl methyl sites for hydroxylation is 1. The van der Waals surface area contributed by atoms with Crippen LogP contribution in [0.1, 0.15) is 16.7 Å². The molecule has 0 amide bonds. The number of benzene rings is 2. The van der Waals surface area contributed by atoms with Gasteiger partial charge in [-0.25, -0.2) is 0 Å². The molecule has 0 aliphatic heterocycles. The van der Waals surface area contributed by atoms with E-state index in [0.717, 1.165) is 23.6 Å². The number of rotatable bonds is 6. The van der Waals surface area contributed by atoms with Crippen molar-refractivity contribution in [1.82, 2.24) is 5.32 Å². The van der Waals surface area contributed by atoms with E-state index in [-0.39, 0.29) is 0 Å². The van der Waals surface area contributed by atoms with Crippen LogP contribution in [0, 0.1) is 6.92 Å². The Kier molecular flexibility index (Phi) is 5.02. The molecule has 0 aromatic heterocycles. The maximum atomic E-state index is 5.82. The summed E-state index contributed by atoms with van der Waals surface area (Å²) in [5, 5.41) is 3.15. The van der Waals surface area contributed by atoms with Crippen LogP contribution >= 0.6 is 0 Å². The van der Waals surface area contributed by atoms with Gasteiger partial charge in [0.1, 0.15) is 18.1 Å². The van der Waals surface area contributed by atoms with Crippen LogP contribution in [-0.4, -0.2) is 14.2 Å². The zero-order valence-corrected chi connectivity index (χ0v) is 12.3. The Bertz CT molecular complexity index is 549. The molecule has 20 heavy (non-hydrogen) atoms. The van der Waals surface area contributed by atoms with Crippen molar-refractivity contribution in [3.05, 3.63) is 59.2 Å². The molecule has 0 atom stereocenters. The SMILES string of the molecule is CNCc1ccc(OC)c(COc2ccc(C)cc2)c1. The van der Waals surface area contributed by atoms with E-state index in [1.54, 1.807) is 7.11 Å². The monoisotopic (exact) mass is 271 g/mol. The van der Waals surface area contributed by atoms with Crippen molar-refractivity contribution in [1.29, 1.82) is 0 Å². The maximum Gasteiger partial charge on any atom is 0.125 e. The molecular formula is C17H21NO2. The molecule has 2 aromatic rings. The van der Waals surface area contributed by atoms with Crippen molar-refractivity contribution >= 4 is 0 Å². The summed E-state index contributed by atoms with van der Waals surface area (Å²) >= 11 is 0. The Labute approximate surface area is 120 Å². The van der Waals surface area contributed by atoms with E-state index in [9.17, 15) is 0 Å². The van der Waals surface area contributed by atoms with Crippen molar-refractivity contribution in [2.45, 2.75) is 20.1 Å². The quantitative estimate of drug-likeness (QED) is 0.874. The Morgan fingerprint density at radius 1 is 1.05 bits per heavy atom. The van der Waals surface area contributed by atoms with Crippen molar-refractivity contribution < 1.29 is 9.47 Å². The van der Waals surface area contributed by atoms with Crippen LogP contribution in [0.5, 0.6) is 11.5 Å². The predicted molar refractivity (Wildman–Crippen MR) is 81.3 cm³/mol. The largest absolute Gasteiger partial charge is 0.496 e. The van der Waals surface area contributed by atoms with Gasteiger partial charge in [0.2, 0.25) is 0 Å². The van der Waals surface area contributed by atoms with Crippen LogP contribution in [0.25, 0.3) is 0 Å². The molecule has 106 valence electrons. The Hall–Kier alpha value is -2.00. The summed E-state index contributed by atoms with van der Waals surface area (Å²) in [5.41, 5.74) is 3.50. The van der Waals surface area contributed by atoms with E-state index >= 15 is 0 Å². The van der Waals surface area contributed by atoms with Crippen LogP contribution in [0.3, 0.4) is 0 Å². The highest BCUT2D eigenvalue weighted by atomic mass is 16.5. The van der Waals surface area contributed by atoms with Gasteiger partial charge in [-0.3, -0.25) is 0 Å². The summed E-state index contributed by atoms with van der Waals surface area (Å²) < 4.78 is 11.2. The molecule has 3 heteroatoms. The van der Waals surface area contributed by atoms with E-state index in [0.29, 0.717) is 6.61 Å². The van der Waals surface area contributed by atoms with E-state index in [1.165, 1.54) is 11.1 Å². The fourth-order valence-corrected chi connectivity index (χ4v) is 2.05. The molecule has 0 aliphatic carbocycles. The minimum Gasteiger partial charge on any atom is -0.496 e. The topological polar surface area (TPSA) is 30.5 Å². The van der Waals surface area contributed by atoms with Gasteiger partial charge >= 0.3 is 0 Å². The Morgan fingerprint density at radius 2 is 1.80 bits per heavy atom. The molecular weight excluding hydrogens is 250 g/mol. The first-order valence-electron chi connectivity index (χ1n) is 6.73. The van der Waals surface area contributed by atoms with Crippen molar-refractivity contribution in [2.24, 2.45) is 0 Å². The number of ether oxygens (including phenoxy) is 2. The fraction of sp³-hybridized carbons (Fsp3) is 0.294. The first-order valence-corrected chi connectivity index (χ1v) is 6.73. The highest BCUT2D eigenvalue weighted by Crippen LogP contribution is 2.22. The van der Waals surface area contributed by atoms with Gasteiger partial charge in [0, 0.05) is 12.1 Å². The van der Waals surface area contributed by atoms with Gasteiger partial charge in [-0.05, 0) is 43.8 Å². The molecule has 0 heterocycles. The summed E-state index contributed by atoms with van der Waals surface area (Å²) in [6.45, 7) is 3.40. The zero-order valence-electron chi connectivity index (χ0n) is 12.3. The Morgan fingerprint density at radius 3 is 2.45 bits per heavy atom. The Balaban J connectivity index is 2.10. The lowest BCUT2D eigenvalue weighted by Crippen LogP contribution is -2.06. The lowest BCUT2D eigenvalue weighted by atomic mass is 10.1. The summed E-state index contributed by atoms with van der Waals surface area (Å²) in [6.07, 6.45) is 0. The third-order valence-electron chi connectivity index (χ3n) is 3.14. The van der Waals surface area contributed by atoms with Gasteiger partial charge in [-0.2, -0.15) is 0 Å². The summed E-state index contributed by atoms with van der Waals surface area (Å²) in [4.78, 5) is 0. The molecule has 0 aliphatic rings. The molecule has 0 bridgehead atoms. The molecule has 0 fully saturated rings. The van der Waals surface area contributed by atoms with Gasteiger partial charge in [-0.15, -0.1) is 0 Å². The molecule has 2 aromatic carbocycles. The van der Waals surface area contributed by atoms with Crippen LogP contribution in [0.15, 0.2) is 42.5 Å². The number of nitrogens with one attached hydrogen (secondary N) is 1. The van der Waals surface area contributed by atoms with Gasteiger partial charge in [-0.1, -0.05) is 23.8 Å². The standard InChI is InChI=1S/C17H21NO2/c1-13-4-7-16(8-5-13)20-12-15-10-14(11-18-2)6-9-17(15)19-3/h4-10,18H,11-12H2,1-3H3. The minimum absolute atomic E-state index is 0.504. The number of hydrogen-bond acceptors (Lipinski definition) is 3. The fourth-order valence-electron chi connectivity index (χ4n) is 2.05. The van der Waals surface area contributed by atoms with Crippen molar-refractivity contribution in [3.63, 3.8) is 0 Å². The third kappa shape index (κ3) is 3.75. The van der Waals surface area contributed by atoms with E-state index in [4.69, 9.17) is 9.47 Å². The molecule has 0 saturated heterocycles. The molecule has 3 nitrogen and oxygen atoms in total. The second-order valence-electron chi connectivity index (χ2n) is 4.78. The molecule has 0 unspecified atom stereocenters. The summed E-state index contributed by atoms with van der Waals surface area (Å²) in [5.74, 6) is 1.73. The van der Waals surface area contributed by atoms with Gasteiger partial charge < -0.3 is 14.8 Å². The highest BCUT2D eigenvalue weighted by Gasteiger charge is 2.05. The van der Waals surface area contributed by atoms with Crippen LogP contribution in [0.4, 0.5) is 0 Å². The second-order valence-corrected chi connectivity index (χ2v) is 4.78. The van der Waals surface area contributed by atoms with Crippen molar-refractivity contribution in [2.75, 3.05) is 14.2 Å². The van der Waals surface area contributed by atoms with E-state index in [2.05, 4.69) is 24.4 Å². The van der Waals surface area contributed by atoms with Crippen LogP contribution in [-0.2, 0) is 13.2 Å². The first-order chi connectivity index (χ1) is 9.72. The average molecular weight is 271 g/mol. The number of hydrogen-bond donors (Lipinski definition) is 1. The third-order valence-corrected chi connectivity index (χ3v) is 3.14. The van der Waals surface area contributed by atoms with Crippen LogP contribution < -0.4 is 14.8 Å². The predicted octanol–water partition coefficient (Wildman–Crippen LogP) is 3.30. The summed E-state index contributed by atoms with van der Waals surface area (Å²) in [6, 6.07) is 14.2. The molecule has 0 radical (unpaired) electrons. The van der Waals surface area contributed by atoms with Gasteiger partial charge in [0.25, 0.3) is 0 Å². The lowest BCUT2D eigenvalue weighted by Gasteiger charge is -2.12. The smallest absolute Gasteiger partial charge is 0.125 e. The van der Waals surface area contributed by atoms with Crippen molar-refractivity contribution in [3.8, 4) is 11.5 Å². The summed E-state index contributed by atoms with van der Waals surface area (Å²) in [7, 11) is 3.62. The number of methoxy groups -OCH3 is 1. The molecule has 0 spiro atoms. The molecule has 1 N–H and O–H groups in total. The second kappa shape index (κ2) is 6.96. The van der Waals surface area contributed by atoms with E-state index < -0.39 is 0 Å². The first kappa shape index (κ1) is 14.4. The maximum absolute atomic E-state index is 5.82. The molecule has 2 rings (SSSR count). The minimum atomic E-state index is 0.504. The lowest BCUT2D eigenvalue weighted by molar-refractivity contribution is 0.296. The van der Waals surface area contributed by atoms with E-state index in [1.807, 2.05) is 37.4 Å². The van der Waals surface area contributed by atoms with Gasteiger partial charge in [0.15, 0.2) is 0 Å². The van der Waals surface area contributed by atoms with Gasteiger partial charge in [0.05, 0.1) is 7.11 Å². The molecule has 0 saturated carbocycles. The normalized spacial score (nSPS) is 10.3. The van der Waals surface area contributed by atoms with Crippen LogP contribution in [0.2, 0.25) is 0 Å². The zero-order chi connectivity index (χ0) is 14.4.